The van der Waals surface area contributed by atoms with Gasteiger partial charge in [-0.1, -0.05) is 0 Å². The minimum Gasteiger partial charge on any atom is -0.380 e. The van der Waals surface area contributed by atoms with E-state index >= 15 is 0 Å². The van der Waals surface area contributed by atoms with E-state index in [1.54, 1.807) is 11.3 Å². The summed E-state index contributed by atoms with van der Waals surface area (Å²) in [5.41, 5.74) is 7.89. The molecular formula is C18H19N9S. The Kier molecular flexibility index (Phi) is 5.10. The summed E-state index contributed by atoms with van der Waals surface area (Å²) in [6, 6.07) is 4.35. The van der Waals surface area contributed by atoms with E-state index in [9.17, 15) is 0 Å². The molecule has 0 aliphatic heterocycles. The first-order valence-electron chi connectivity index (χ1n) is 8.92. The third-order valence-electron chi connectivity index (χ3n) is 4.47. The number of nitrogens with zero attached hydrogens (tertiary/aromatic N) is 6. The van der Waals surface area contributed by atoms with E-state index < -0.39 is 0 Å². The summed E-state index contributed by atoms with van der Waals surface area (Å²) in [6.45, 7) is 2.01. The van der Waals surface area contributed by atoms with Crippen LogP contribution in [0.2, 0.25) is 0 Å². The van der Waals surface area contributed by atoms with Crippen LogP contribution in [0.4, 0.5) is 17.3 Å². The Morgan fingerprint density at radius 2 is 2.04 bits per heavy atom. The Morgan fingerprint density at radius 1 is 1.14 bits per heavy atom. The molecule has 28 heavy (non-hydrogen) atoms. The molecule has 3 aromatic heterocycles. The van der Waals surface area contributed by atoms with Gasteiger partial charge in [-0.15, -0.1) is 21.5 Å². The fourth-order valence-corrected chi connectivity index (χ4v) is 3.90. The number of aryl methyl sites for hydroxylation is 1. The molecule has 1 fully saturated rings. The minimum atomic E-state index is 0.226. The second kappa shape index (κ2) is 7.84. The number of hydrogen-bond donors (Lipinski definition) is 3. The summed E-state index contributed by atoms with van der Waals surface area (Å²) >= 11 is 1.58. The third kappa shape index (κ3) is 4.05. The van der Waals surface area contributed by atoms with Crippen molar-refractivity contribution in [2.75, 3.05) is 10.6 Å². The number of aromatic nitrogens is 5. The zero-order valence-electron chi connectivity index (χ0n) is 15.3. The Hall–Kier alpha value is -3.16. The number of nitrogens with one attached hydrogen (secondary N) is 2. The van der Waals surface area contributed by atoms with Crippen molar-refractivity contribution in [1.82, 2.24) is 25.1 Å². The lowest BCUT2D eigenvalue weighted by molar-refractivity contribution is 0.687. The van der Waals surface area contributed by atoms with Gasteiger partial charge in [-0.2, -0.15) is 5.26 Å². The highest BCUT2D eigenvalue weighted by molar-refractivity contribution is 7.14. The quantitative estimate of drug-likeness (QED) is 0.597. The first kappa shape index (κ1) is 18.2. The van der Waals surface area contributed by atoms with Crippen LogP contribution in [0.3, 0.4) is 0 Å². The van der Waals surface area contributed by atoms with Crippen LogP contribution in [0.25, 0.3) is 10.7 Å². The van der Waals surface area contributed by atoms with Gasteiger partial charge in [0.15, 0.2) is 11.5 Å². The summed E-state index contributed by atoms with van der Waals surface area (Å²) < 4.78 is 0. The Morgan fingerprint density at radius 3 is 2.68 bits per heavy atom. The second-order valence-corrected chi connectivity index (χ2v) is 7.94. The molecule has 9 nitrogen and oxygen atoms in total. The zero-order chi connectivity index (χ0) is 19.5. The molecule has 0 bridgehead atoms. The van der Waals surface area contributed by atoms with Crippen molar-refractivity contribution in [3.8, 4) is 16.8 Å². The van der Waals surface area contributed by atoms with Crippen molar-refractivity contribution in [2.24, 2.45) is 5.73 Å². The lowest BCUT2D eigenvalue weighted by atomic mass is 10.2. The molecule has 1 aliphatic rings. The Labute approximate surface area is 166 Å². The first-order valence-corrected chi connectivity index (χ1v) is 9.74. The lowest BCUT2D eigenvalue weighted by Crippen LogP contribution is -2.21. The lowest BCUT2D eigenvalue weighted by Gasteiger charge is -2.16. The van der Waals surface area contributed by atoms with E-state index in [1.165, 1.54) is 12.4 Å². The van der Waals surface area contributed by atoms with Crippen molar-refractivity contribution in [3.63, 3.8) is 0 Å². The standard InChI is InChI=1S/C18H19N9S/c1-10-7-23-18(28-10)17-14(24-12-3-2-11(20)4-12)5-15(26-27-17)25-16-9-21-13(6-19)8-22-16/h5,7-9,11-12H,2-4,20H2,1H3,(H2,22,24,25,26). The highest BCUT2D eigenvalue weighted by Gasteiger charge is 2.23. The van der Waals surface area contributed by atoms with Crippen LogP contribution >= 0.6 is 11.3 Å². The van der Waals surface area contributed by atoms with Gasteiger partial charge in [0.05, 0.1) is 18.1 Å². The molecule has 0 spiro atoms. The minimum absolute atomic E-state index is 0.226. The molecule has 1 aliphatic carbocycles. The SMILES string of the molecule is Cc1cnc(-c2nnc(Nc3cnc(C#N)cn3)cc2NC2CCC(N)C2)s1. The van der Waals surface area contributed by atoms with Gasteiger partial charge in [0.1, 0.15) is 22.6 Å². The maximum Gasteiger partial charge on any atom is 0.158 e. The van der Waals surface area contributed by atoms with Crippen molar-refractivity contribution < 1.29 is 0 Å². The fraction of sp³-hybridized carbons (Fsp3) is 0.333. The largest absolute Gasteiger partial charge is 0.380 e. The number of anilines is 3. The zero-order valence-corrected chi connectivity index (χ0v) is 16.1. The van der Waals surface area contributed by atoms with Crippen LogP contribution in [0.15, 0.2) is 24.7 Å². The van der Waals surface area contributed by atoms with Gasteiger partial charge in [-0.25, -0.2) is 15.0 Å². The highest BCUT2D eigenvalue weighted by atomic mass is 32.1. The number of nitriles is 1. The van der Waals surface area contributed by atoms with E-state index in [2.05, 4.69) is 35.8 Å². The highest BCUT2D eigenvalue weighted by Crippen LogP contribution is 2.33. The molecular weight excluding hydrogens is 374 g/mol. The van der Waals surface area contributed by atoms with Crippen LogP contribution in [-0.2, 0) is 0 Å². The molecule has 142 valence electrons. The summed E-state index contributed by atoms with van der Waals surface area (Å²) in [5, 5.41) is 24.9. The van der Waals surface area contributed by atoms with Crippen molar-refractivity contribution >= 4 is 28.7 Å². The van der Waals surface area contributed by atoms with Gasteiger partial charge >= 0.3 is 0 Å². The summed E-state index contributed by atoms with van der Waals surface area (Å²) in [5.74, 6) is 1.01. The van der Waals surface area contributed by atoms with Crippen LogP contribution in [0.5, 0.6) is 0 Å². The summed E-state index contributed by atoms with van der Waals surface area (Å²) in [6.07, 6.45) is 7.67. The van der Waals surface area contributed by atoms with Gasteiger partial charge in [0.2, 0.25) is 0 Å². The predicted molar refractivity (Wildman–Crippen MR) is 107 cm³/mol. The molecule has 2 unspecified atom stereocenters. The molecule has 10 heteroatoms. The average molecular weight is 393 g/mol. The average Bonchev–Trinajstić information content (AvgIpc) is 3.31. The molecule has 0 radical (unpaired) electrons. The van der Waals surface area contributed by atoms with E-state index in [0.29, 0.717) is 17.7 Å². The predicted octanol–water partition coefficient (Wildman–Crippen LogP) is 2.61. The molecule has 4 N–H and O–H groups in total. The Balaban J connectivity index is 1.62. The number of hydrogen-bond acceptors (Lipinski definition) is 10. The Bertz CT molecular complexity index is 1010. The van der Waals surface area contributed by atoms with Crippen LogP contribution in [0.1, 0.15) is 29.8 Å². The number of rotatable bonds is 5. The molecule has 2 atom stereocenters. The molecule has 0 saturated heterocycles. The van der Waals surface area contributed by atoms with Gasteiger partial charge in [-0.3, -0.25) is 0 Å². The van der Waals surface area contributed by atoms with Crippen molar-refractivity contribution in [2.45, 2.75) is 38.3 Å². The van der Waals surface area contributed by atoms with Crippen molar-refractivity contribution in [3.05, 3.63) is 35.2 Å². The normalized spacial score (nSPS) is 18.6. The van der Waals surface area contributed by atoms with E-state index in [1.807, 2.05) is 25.3 Å². The maximum absolute atomic E-state index is 8.83. The topological polar surface area (TPSA) is 138 Å². The van der Waals surface area contributed by atoms with Gasteiger partial charge in [0, 0.05) is 29.2 Å². The first-order chi connectivity index (χ1) is 13.6. The van der Waals surface area contributed by atoms with Crippen LogP contribution in [-0.4, -0.2) is 37.2 Å². The molecule has 3 aromatic rings. The van der Waals surface area contributed by atoms with E-state index in [4.69, 9.17) is 11.0 Å². The van der Waals surface area contributed by atoms with E-state index in [-0.39, 0.29) is 11.7 Å². The van der Waals surface area contributed by atoms with Gasteiger partial charge in [-0.05, 0) is 26.2 Å². The summed E-state index contributed by atoms with van der Waals surface area (Å²) in [7, 11) is 0. The van der Waals surface area contributed by atoms with Crippen LogP contribution < -0.4 is 16.4 Å². The fourth-order valence-electron chi connectivity index (χ4n) is 3.13. The van der Waals surface area contributed by atoms with Gasteiger partial charge in [0.25, 0.3) is 0 Å². The van der Waals surface area contributed by atoms with Crippen LogP contribution in [0, 0.1) is 18.3 Å². The summed E-state index contributed by atoms with van der Waals surface area (Å²) in [4.78, 5) is 13.7. The molecule has 4 rings (SSSR count). The third-order valence-corrected chi connectivity index (χ3v) is 5.39. The van der Waals surface area contributed by atoms with Gasteiger partial charge < -0.3 is 16.4 Å². The monoisotopic (exact) mass is 393 g/mol. The molecule has 0 aromatic carbocycles. The number of nitrogens with two attached hydrogens (primary N) is 1. The smallest absolute Gasteiger partial charge is 0.158 e. The maximum atomic E-state index is 8.83. The second-order valence-electron chi connectivity index (χ2n) is 6.71. The molecule has 0 amide bonds. The molecule has 1 saturated carbocycles. The van der Waals surface area contributed by atoms with E-state index in [0.717, 1.165) is 40.5 Å². The number of thiazole rings is 1. The molecule has 3 heterocycles. The van der Waals surface area contributed by atoms with Crippen molar-refractivity contribution in [1.29, 1.82) is 5.26 Å².